The van der Waals surface area contributed by atoms with Crippen LogP contribution in [-0.2, 0) is 0 Å². The van der Waals surface area contributed by atoms with Gasteiger partial charge in [-0.1, -0.05) is 22.0 Å². The van der Waals surface area contributed by atoms with Crippen molar-refractivity contribution in [3.05, 3.63) is 28.2 Å². The standard InChI is InChI=1S/C15H22BrNO2/c1-10(17-11-3-5-12(18)6-4-11)14-8-7-13(19-2)9-15(14)16/h7-12,17-18H,3-6H2,1-2H3/t10-,11?,12?/m1/s1. The lowest BCUT2D eigenvalue weighted by molar-refractivity contribution is 0.114. The topological polar surface area (TPSA) is 41.5 Å². The maximum Gasteiger partial charge on any atom is 0.120 e. The average Bonchev–Trinajstić information content (AvgIpc) is 2.41. The number of rotatable bonds is 4. The van der Waals surface area contributed by atoms with Crippen LogP contribution in [0.25, 0.3) is 0 Å². The molecule has 1 aliphatic rings. The summed E-state index contributed by atoms with van der Waals surface area (Å²) in [5.41, 5.74) is 1.24. The van der Waals surface area contributed by atoms with Crippen molar-refractivity contribution >= 4 is 15.9 Å². The first-order chi connectivity index (χ1) is 9.10. The number of methoxy groups -OCH3 is 1. The molecule has 4 heteroatoms. The summed E-state index contributed by atoms with van der Waals surface area (Å²) in [5, 5.41) is 13.2. The van der Waals surface area contributed by atoms with Gasteiger partial charge in [0.15, 0.2) is 0 Å². The van der Waals surface area contributed by atoms with E-state index in [4.69, 9.17) is 4.74 Å². The lowest BCUT2D eigenvalue weighted by Gasteiger charge is -2.29. The molecule has 19 heavy (non-hydrogen) atoms. The number of hydrogen-bond donors (Lipinski definition) is 2. The molecule has 1 aromatic rings. The van der Waals surface area contributed by atoms with Gasteiger partial charge in [-0.2, -0.15) is 0 Å². The molecule has 0 bridgehead atoms. The first-order valence-electron chi connectivity index (χ1n) is 6.87. The molecule has 0 spiro atoms. The number of aliphatic hydroxyl groups excluding tert-OH is 1. The monoisotopic (exact) mass is 327 g/mol. The van der Waals surface area contributed by atoms with Gasteiger partial charge in [0.1, 0.15) is 5.75 Å². The van der Waals surface area contributed by atoms with Crippen LogP contribution in [0.1, 0.15) is 44.2 Å². The highest BCUT2D eigenvalue weighted by molar-refractivity contribution is 9.10. The molecule has 2 N–H and O–H groups in total. The Kier molecular flexibility index (Phi) is 5.25. The van der Waals surface area contributed by atoms with Crippen molar-refractivity contribution in [1.82, 2.24) is 5.32 Å². The fourth-order valence-electron chi connectivity index (χ4n) is 2.67. The van der Waals surface area contributed by atoms with Crippen molar-refractivity contribution in [3.8, 4) is 5.75 Å². The van der Waals surface area contributed by atoms with Gasteiger partial charge in [-0.3, -0.25) is 0 Å². The second kappa shape index (κ2) is 6.73. The van der Waals surface area contributed by atoms with E-state index in [1.165, 1.54) is 5.56 Å². The molecule has 0 aromatic heterocycles. The Labute approximate surface area is 123 Å². The van der Waals surface area contributed by atoms with Gasteiger partial charge >= 0.3 is 0 Å². The zero-order valence-electron chi connectivity index (χ0n) is 11.5. The molecule has 1 atom stereocenters. The van der Waals surface area contributed by atoms with E-state index < -0.39 is 0 Å². The third-order valence-corrected chi connectivity index (χ3v) is 4.54. The van der Waals surface area contributed by atoms with Gasteiger partial charge in [0.25, 0.3) is 0 Å². The highest BCUT2D eigenvalue weighted by Gasteiger charge is 2.21. The molecular formula is C15H22BrNO2. The lowest BCUT2D eigenvalue weighted by Crippen LogP contribution is -2.36. The summed E-state index contributed by atoms with van der Waals surface area (Å²) in [4.78, 5) is 0. The minimum Gasteiger partial charge on any atom is -0.497 e. The summed E-state index contributed by atoms with van der Waals surface area (Å²) in [6.07, 6.45) is 3.84. The van der Waals surface area contributed by atoms with Crippen LogP contribution >= 0.6 is 15.9 Å². The fraction of sp³-hybridized carbons (Fsp3) is 0.600. The Morgan fingerprint density at radius 1 is 1.32 bits per heavy atom. The molecule has 1 aromatic carbocycles. The summed E-state index contributed by atoms with van der Waals surface area (Å²) in [6.45, 7) is 2.18. The molecule has 1 fully saturated rings. The first kappa shape index (κ1) is 14.8. The van der Waals surface area contributed by atoms with E-state index >= 15 is 0 Å². The van der Waals surface area contributed by atoms with Crippen molar-refractivity contribution < 1.29 is 9.84 Å². The summed E-state index contributed by atoms with van der Waals surface area (Å²) < 4.78 is 6.29. The summed E-state index contributed by atoms with van der Waals surface area (Å²) >= 11 is 3.60. The Morgan fingerprint density at radius 3 is 2.58 bits per heavy atom. The van der Waals surface area contributed by atoms with Crippen LogP contribution in [0.5, 0.6) is 5.75 Å². The quantitative estimate of drug-likeness (QED) is 0.890. The van der Waals surface area contributed by atoms with E-state index in [9.17, 15) is 5.11 Å². The van der Waals surface area contributed by atoms with E-state index in [1.54, 1.807) is 7.11 Å². The second-order valence-corrected chi connectivity index (χ2v) is 6.14. The number of ether oxygens (including phenoxy) is 1. The minimum absolute atomic E-state index is 0.0962. The molecule has 0 radical (unpaired) electrons. The SMILES string of the molecule is COc1ccc([C@@H](C)NC2CCC(O)CC2)c(Br)c1. The highest BCUT2D eigenvalue weighted by Crippen LogP contribution is 2.29. The minimum atomic E-state index is -0.0962. The zero-order chi connectivity index (χ0) is 13.8. The predicted molar refractivity (Wildman–Crippen MR) is 80.5 cm³/mol. The number of aliphatic hydroxyl groups is 1. The zero-order valence-corrected chi connectivity index (χ0v) is 13.1. The molecule has 3 nitrogen and oxygen atoms in total. The molecule has 1 aliphatic carbocycles. The molecule has 0 saturated heterocycles. The molecule has 2 rings (SSSR count). The van der Waals surface area contributed by atoms with E-state index in [-0.39, 0.29) is 6.10 Å². The van der Waals surface area contributed by atoms with Crippen LogP contribution in [0.4, 0.5) is 0 Å². The molecular weight excluding hydrogens is 306 g/mol. The van der Waals surface area contributed by atoms with Gasteiger partial charge in [-0.15, -0.1) is 0 Å². The molecule has 0 unspecified atom stereocenters. The number of benzene rings is 1. The van der Waals surface area contributed by atoms with Crippen molar-refractivity contribution in [2.24, 2.45) is 0 Å². The Bertz CT molecular complexity index is 417. The maximum absolute atomic E-state index is 9.53. The van der Waals surface area contributed by atoms with Crippen molar-refractivity contribution in [1.29, 1.82) is 0 Å². The third-order valence-electron chi connectivity index (χ3n) is 3.86. The molecule has 1 saturated carbocycles. The summed E-state index contributed by atoms with van der Waals surface area (Å²) in [5.74, 6) is 0.864. The van der Waals surface area contributed by atoms with E-state index in [2.05, 4.69) is 34.2 Å². The van der Waals surface area contributed by atoms with Gasteiger partial charge in [0.05, 0.1) is 13.2 Å². The van der Waals surface area contributed by atoms with Gasteiger partial charge in [-0.25, -0.2) is 0 Å². The second-order valence-electron chi connectivity index (χ2n) is 5.28. The normalized spacial score (nSPS) is 25.1. The van der Waals surface area contributed by atoms with Gasteiger partial charge in [0, 0.05) is 16.6 Å². The van der Waals surface area contributed by atoms with Crippen LogP contribution in [0.15, 0.2) is 22.7 Å². The highest BCUT2D eigenvalue weighted by atomic mass is 79.9. The van der Waals surface area contributed by atoms with Crippen LogP contribution < -0.4 is 10.1 Å². The number of nitrogens with one attached hydrogen (secondary N) is 1. The van der Waals surface area contributed by atoms with Crippen molar-refractivity contribution in [2.45, 2.75) is 50.8 Å². The van der Waals surface area contributed by atoms with Gasteiger partial charge < -0.3 is 15.2 Å². The van der Waals surface area contributed by atoms with E-state index in [1.807, 2.05) is 12.1 Å². The smallest absolute Gasteiger partial charge is 0.120 e. The maximum atomic E-state index is 9.53. The van der Waals surface area contributed by atoms with E-state index in [0.29, 0.717) is 12.1 Å². The molecule has 0 heterocycles. The summed E-state index contributed by atoms with van der Waals surface area (Å²) in [6, 6.07) is 6.88. The number of hydrogen-bond acceptors (Lipinski definition) is 3. The average molecular weight is 328 g/mol. The van der Waals surface area contributed by atoms with Crippen LogP contribution in [0.2, 0.25) is 0 Å². The Balaban J connectivity index is 1.97. The van der Waals surface area contributed by atoms with E-state index in [0.717, 1.165) is 35.9 Å². The largest absolute Gasteiger partial charge is 0.497 e. The first-order valence-corrected chi connectivity index (χ1v) is 7.67. The van der Waals surface area contributed by atoms with Crippen LogP contribution in [0, 0.1) is 0 Å². The van der Waals surface area contributed by atoms with Crippen LogP contribution in [0.3, 0.4) is 0 Å². The number of halogens is 1. The van der Waals surface area contributed by atoms with Crippen molar-refractivity contribution in [3.63, 3.8) is 0 Å². The molecule has 0 aliphatic heterocycles. The predicted octanol–water partition coefficient (Wildman–Crippen LogP) is 3.41. The Hall–Kier alpha value is -0.580. The molecule has 106 valence electrons. The van der Waals surface area contributed by atoms with Crippen molar-refractivity contribution in [2.75, 3.05) is 7.11 Å². The van der Waals surface area contributed by atoms with Crippen LogP contribution in [-0.4, -0.2) is 24.4 Å². The third kappa shape index (κ3) is 3.94. The van der Waals surface area contributed by atoms with Gasteiger partial charge in [0.2, 0.25) is 0 Å². The Morgan fingerprint density at radius 2 is 2.00 bits per heavy atom. The van der Waals surface area contributed by atoms with Gasteiger partial charge in [-0.05, 0) is 50.3 Å². The lowest BCUT2D eigenvalue weighted by atomic mass is 9.92. The molecule has 0 amide bonds. The summed E-state index contributed by atoms with van der Waals surface area (Å²) in [7, 11) is 1.68. The fourth-order valence-corrected chi connectivity index (χ4v) is 3.37.